The highest BCUT2D eigenvalue weighted by Crippen LogP contribution is 2.19. The lowest BCUT2D eigenvalue weighted by Crippen LogP contribution is -2.33. The van der Waals surface area contributed by atoms with Crippen LogP contribution in [0.25, 0.3) is 10.9 Å². The van der Waals surface area contributed by atoms with Crippen LogP contribution in [0, 0.1) is 0 Å². The van der Waals surface area contributed by atoms with Crippen molar-refractivity contribution in [2.75, 3.05) is 19.3 Å². The zero-order chi connectivity index (χ0) is 13.3. The molecule has 0 aliphatic rings. The maximum absolute atomic E-state index is 12.1. The molecule has 5 nitrogen and oxygen atoms in total. The number of anilines is 1. The van der Waals surface area contributed by atoms with Crippen LogP contribution in [0.5, 0.6) is 0 Å². The molecule has 1 heterocycles. The van der Waals surface area contributed by atoms with Gasteiger partial charge in [0.2, 0.25) is 0 Å². The third-order valence-electron chi connectivity index (χ3n) is 2.76. The summed E-state index contributed by atoms with van der Waals surface area (Å²) >= 11 is 0. The number of aromatic amines is 1. The molecule has 18 heavy (non-hydrogen) atoms. The molecule has 4 N–H and O–H groups in total. The van der Waals surface area contributed by atoms with Gasteiger partial charge in [0.15, 0.2) is 0 Å². The van der Waals surface area contributed by atoms with Gasteiger partial charge in [0, 0.05) is 30.2 Å². The average Bonchev–Trinajstić information content (AvgIpc) is 2.69. The predicted molar refractivity (Wildman–Crippen MR) is 71.4 cm³/mol. The van der Waals surface area contributed by atoms with E-state index < -0.39 is 6.10 Å². The van der Waals surface area contributed by atoms with Crippen LogP contribution in [0.2, 0.25) is 0 Å². The predicted octanol–water partition coefficient (Wildman–Crippen LogP) is 1.20. The van der Waals surface area contributed by atoms with E-state index in [1.54, 1.807) is 26.1 Å². The van der Waals surface area contributed by atoms with Crippen LogP contribution in [0.15, 0.2) is 24.3 Å². The molecule has 0 aliphatic carbocycles. The quantitative estimate of drug-likeness (QED) is 0.713. The summed E-state index contributed by atoms with van der Waals surface area (Å²) < 4.78 is 0. The van der Waals surface area contributed by atoms with E-state index in [1.165, 1.54) is 4.90 Å². The Morgan fingerprint density at radius 1 is 1.50 bits per heavy atom. The summed E-state index contributed by atoms with van der Waals surface area (Å²) in [4.78, 5) is 16.6. The minimum Gasteiger partial charge on any atom is -0.399 e. The Labute approximate surface area is 105 Å². The molecule has 1 aromatic heterocycles. The summed E-state index contributed by atoms with van der Waals surface area (Å²) in [5, 5.41) is 10.2. The van der Waals surface area contributed by atoms with Gasteiger partial charge in [0.25, 0.3) is 5.91 Å². The van der Waals surface area contributed by atoms with Gasteiger partial charge in [-0.3, -0.25) is 4.79 Å². The van der Waals surface area contributed by atoms with Crippen LogP contribution in [0.4, 0.5) is 5.69 Å². The van der Waals surface area contributed by atoms with Gasteiger partial charge in [-0.15, -0.1) is 0 Å². The largest absolute Gasteiger partial charge is 0.399 e. The van der Waals surface area contributed by atoms with Crippen molar-refractivity contribution in [2.24, 2.45) is 0 Å². The lowest BCUT2D eigenvalue weighted by atomic mass is 10.2. The Hall–Kier alpha value is -2.01. The van der Waals surface area contributed by atoms with Crippen LogP contribution in [-0.4, -0.2) is 40.6 Å². The lowest BCUT2D eigenvalue weighted by molar-refractivity contribution is 0.0699. The van der Waals surface area contributed by atoms with Crippen LogP contribution >= 0.6 is 0 Å². The first-order chi connectivity index (χ1) is 8.47. The Morgan fingerprint density at radius 2 is 2.22 bits per heavy atom. The number of carbonyl (C=O) groups is 1. The number of carbonyl (C=O) groups excluding carboxylic acids is 1. The molecule has 5 heteroatoms. The second-order valence-electron chi connectivity index (χ2n) is 4.56. The molecular formula is C13H17N3O2. The molecule has 0 radical (unpaired) electrons. The van der Waals surface area contributed by atoms with Gasteiger partial charge in [-0.05, 0) is 31.2 Å². The number of benzene rings is 1. The van der Waals surface area contributed by atoms with Crippen molar-refractivity contribution in [1.82, 2.24) is 9.88 Å². The van der Waals surface area contributed by atoms with Crippen molar-refractivity contribution < 1.29 is 9.90 Å². The van der Waals surface area contributed by atoms with Gasteiger partial charge in [-0.25, -0.2) is 0 Å². The van der Waals surface area contributed by atoms with Crippen molar-refractivity contribution in [3.05, 3.63) is 30.0 Å². The minimum absolute atomic E-state index is 0.148. The minimum atomic E-state index is -0.543. The number of nitrogens with zero attached hydrogens (tertiary/aromatic N) is 1. The zero-order valence-electron chi connectivity index (χ0n) is 10.5. The summed E-state index contributed by atoms with van der Waals surface area (Å²) in [6.07, 6.45) is -0.543. The number of aliphatic hydroxyl groups is 1. The van der Waals surface area contributed by atoms with Crippen LogP contribution in [0.3, 0.4) is 0 Å². The summed E-state index contributed by atoms with van der Waals surface area (Å²) in [5.74, 6) is -0.148. The third kappa shape index (κ3) is 2.46. The molecule has 0 bridgehead atoms. The molecule has 0 saturated carbocycles. The second kappa shape index (κ2) is 4.70. The Balaban J connectivity index is 2.28. The number of fused-ring (bicyclic) bond motifs is 1. The van der Waals surface area contributed by atoms with E-state index in [-0.39, 0.29) is 5.91 Å². The van der Waals surface area contributed by atoms with E-state index in [2.05, 4.69) is 4.98 Å². The van der Waals surface area contributed by atoms with Crippen molar-refractivity contribution in [2.45, 2.75) is 13.0 Å². The van der Waals surface area contributed by atoms with Crippen molar-refractivity contribution >= 4 is 22.5 Å². The number of nitrogen functional groups attached to an aromatic ring is 1. The van der Waals surface area contributed by atoms with Gasteiger partial charge in [0.05, 0.1) is 6.10 Å². The standard InChI is InChI=1S/C13H17N3O2/c1-8(17)7-16(2)13(18)12-6-9-5-10(14)3-4-11(9)15-12/h3-6,8,15,17H,7,14H2,1-2H3. The Kier molecular flexibility index (Phi) is 3.25. The summed E-state index contributed by atoms with van der Waals surface area (Å²) in [6, 6.07) is 7.21. The second-order valence-corrected chi connectivity index (χ2v) is 4.56. The molecule has 2 rings (SSSR count). The number of nitrogens with one attached hydrogen (secondary N) is 1. The van der Waals surface area contributed by atoms with Crippen molar-refractivity contribution in [1.29, 1.82) is 0 Å². The number of aliphatic hydroxyl groups excluding tert-OH is 1. The van der Waals surface area contributed by atoms with Crippen molar-refractivity contribution in [3.63, 3.8) is 0 Å². The van der Waals surface area contributed by atoms with Gasteiger partial charge < -0.3 is 20.7 Å². The fourth-order valence-electron chi connectivity index (χ4n) is 1.95. The molecule has 2 aromatic rings. The van der Waals surface area contributed by atoms with E-state index in [4.69, 9.17) is 5.73 Å². The molecule has 1 aromatic carbocycles. The number of amides is 1. The molecule has 0 saturated heterocycles. The molecular weight excluding hydrogens is 230 g/mol. The molecule has 0 fully saturated rings. The first-order valence-corrected chi connectivity index (χ1v) is 5.79. The highest BCUT2D eigenvalue weighted by Gasteiger charge is 2.15. The molecule has 1 amide bonds. The van der Waals surface area contributed by atoms with E-state index >= 15 is 0 Å². The fourth-order valence-corrected chi connectivity index (χ4v) is 1.95. The highest BCUT2D eigenvalue weighted by molar-refractivity contribution is 5.98. The lowest BCUT2D eigenvalue weighted by Gasteiger charge is -2.17. The van der Waals surface area contributed by atoms with Gasteiger partial charge in [0.1, 0.15) is 5.69 Å². The van der Waals surface area contributed by atoms with E-state index in [0.717, 1.165) is 10.9 Å². The van der Waals surface area contributed by atoms with E-state index in [0.29, 0.717) is 17.9 Å². The third-order valence-corrected chi connectivity index (χ3v) is 2.76. The van der Waals surface area contributed by atoms with E-state index in [9.17, 15) is 9.90 Å². The Morgan fingerprint density at radius 3 is 2.89 bits per heavy atom. The monoisotopic (exact) mass is 247 g/mol. The highest BCUT2D eigenvalue weighted by atomic mass is 16.3. The SMILES string of the molecule is CC(O)CN(C)C(=O)c1cc2cc(N)ccc2[nH]1. The maximum Gasteiger partial charge on any atom is 0.270 e. The zero-order valence-corrected chi connectivity index (χ0v) is 10.5. The average molecular weight is 247 g/mol. The summed E-state index contributed by atoms with van der Waals surface area (Å²) in [6.45, 7) is 1.95. The van der Waals surface area contributed by atoms with Crippen LogP contribution in [-0.2, 0) is 0 Å². The fraction of sp³-hybridized carbons (Fsp3) is 0.308. The van der Waals surface area contributed by atoms with E-state index in [1.807, 2.05) is 12.1 Å². The topological polar surface area (TPSA) is 82.3 Å². The van der Waals surface area contributed by atoms with Crippen LogP contribution < -0.4 is 5.73 Å². The number of nitrogens with two attached hydrogens (primary N) is 1. The van der Waals surface area contributed by atoms with Gasteiger partial charge in [-0.2, -0.15) is 0 Å². The first kappa shape index (κ1) is 12.4. The molecule has 0 aliphatic heterocycles. The summed E-state index contributed by atoms with van der Waals surface area (Å²) in [5.41, 5.74) is 7.73. The molecule has 0 spiro atoms. The normalized spacial score (nSPS) is 12.6. The van der Waals surface area contributed by atoms with Crippen LogP contribution in [0.1, 0.15) is 17.4 Å². The molecule has 1 unspecified atom stereocenters. The number of hydrogen-bond donors (Lipinski definition) is 3. The number of aromatic nitrogens is 1. The number of likely N-dealkylation sites (N-methyl/N-ethyl adjacent to an activating group) is 1. The molecule has 96 valence electrons. The molecule has 1 atom stereocenters. The Bertz CT molecular complexity index is 575. The van der Waals surface area contributed by atoms with Crippen molar-refractivity contribution in [3.8, 4) is 0 Å². The first-order valence-electron chi connectivity index (χ1n) is 5.79. The number of hydrogen-bond acceptors (Lipinski definition) is 3. The maximum atomic E-state index is 12.1. The summed E-state index contributed by atoms with van der Waals surface area (Å²) in [7, 11) is 1.66. The number of H-pyrrole nitrogens is 1. The van der Waals surface area contributed by atoms with Gasteiger partial charge >= 0.3 is 0 Å². The number of rotatable bonds is 3. The van der Waals surface area contributed by atoms with Gasteiger partial charge in [-0.1, -0.05) is 0 Å². The smallest absolute Gasteiger partial charge is 0.270 e.